The molecule has 0 aliphatic heterocycles. The molecule has 19 heavy (non-hydrogen) atoms. The molecular formula is C12H16ClN3O2S. The molecule has 0 aromatic carbocycles. The van der Waals surface area contributed by atoms with Gasteiger partial charge in [-0.25, -0.2) is 4.98 Å². The van der Waals surface area contributed by atoms with Gasteiger partial charge in [-0.3, -0.25) is 9.59 Å². The summed E-state index contributed by atoms with van der Waals surface area (Å²) in [6, 6.07) is -0.211. The number of carbonyl (C=O) groups excluding carboxylic acids is 2. The number of thiazole rings is 1. The number of rotatable bonds is 6. The summed E-state index contributed by atoms with van der Waals surface area (Å²) >= 11 is 7.05. The number of alkyl halides is 1. The van der Waals surface area contributed by atoms with E-state index in [-0.39, 0.29) is 18.2 Å². The quantitative estimate of drug-likeness (QED) is 0.776. The number of carbonyl (C=O) groups is 2. The third-order valence-corrected chi connectivity index (χ3v) is 3.91. The molecule has 2 amide bonds. The van der Waals surface area contributed by atoms with Crippen molar-refractivity contribution in [3.63, 3.8) is 0 Å². The zero-order valence-electron chi connectivity index (χ0n) is 10.6. The smallest absolute Gasteiger partial charge is 0.242 e. The van der Waals surface area contributed by atoms with Crippen LogP contribution in [0.4, 0.5) is 0 Å². The Labute approximate surface area is 120 Å². The molecule has 5 nitrogen and oxygen atoms in total. The lowest BCUT2D eigenvalue weighted by molar-refractivity contribution is -0.128. The Morgan fingerprint density at radius 2 is 2.32 bits per heavy atom. The summed E-state index contributed by atoms with van der Waals surface area (Å²) < 4.78 is 0. The van der Waals surface area contributed by atoms with E-state index in [1.54, 1.807) is 6.92 Å². The summed E-state index contributed by atoms with van der Waals surface area (Å²) in [7, 11) is 0. The molecule has 1 aromatic rings. The van der Waals surface area contributed by atoms with Crippen molar-refractivity contribution >= 4 is 34.8 Å². The van der Waals surface area contributed by atoms with Crippen molar-refractivity contribution in [2.75, 3.05) is 0 Å². The molecule has 1 aromatic heterocycles. The lowest BCUT2D eigenvalue weighted by Crippen LogP contribution is -2.45. The van der Waals surface area contributed by atoms with E-state index < -0.39 is 6.04 Å². The molecule has 1 aliphatic rings. The van der Waals surface area contributed by atoms with Gasteiger partial charge in [-0.15, -0.1) is 22.9 Å². The molecule has 0 saturated heterocycles. The molecule has 2 rings (SSSR count). The number of hydrogen-bond donors (Lipinski definition) is 2. The maximum absolute atomic E-state index is 11.8. The lowest BCUT2D eigenvalue weighted by Gasteiger charge is -2.13. The number of aromatic nitrogens is 1. The maximum atomic E-state index is 11.8. The minimum absolute atomic E-state index is 0.128. The van der Waals surface area contributed by atoms with Gasteiger partial charge in [0, 0.05) is 11.4 Å². The van der Waals surface area contributed by atoms with Crippen LogP contribution in [0, 0.1) is 0 Å². The Hall–Kier alpha value is -1.14. The van der Waals surface area contributed by atoms with E-state index in [1.165, 1.54) is 11.3 Å². The minimum atomic E-state index is -0.513. The molecule has 0 bridgehead atoms. The van der Waals surface area contributed by atoms with Crippen molar-refractivity contribution < 1.29 is 9.59 Å². The fraction of sp³-hybridized carbons (Fsp3) is 0.583. The van der Waals surface area contributed by atoms with Gasteiger partial charge in [0.05, 0.1) is 18.0 Å². The second-order valence-electron chi connectivity index (χ2n) is 4.62. The van der Waals surface area contributed by atoms with Crippen LogP contribution in [0.1, 0.15) is 30.5 Å². The van der Waals surface area contributed by atoms with Crippen molar-refractivity contribution in [2.45, 2.75) is 44.1 Å². The third kappa shape index (κ3) is 4.47. The van der Waals surface area contributed by atoms with Gasteiger partial charge < -0.3 is 10.6 Å². The van der Waals surface area contributed by atoms with Gasteiger partial charge in [0.1, 0.15) is 11.0 Å². The van der Waals surface area contributed by atoms with Crippen molar-refractivity contribution in [1.29, 1.82) is 0 Å². The average Bonchev–Trinajstić information content (AvgIpc) is 3.06. The van der Waals surface area contributed by atoms with Gasteiger partial charge in [0.25, 0.3) is 0 Å². The number of amides is 2. The number of halogens is 1. The molecule has 1 fully saturated rings. The highest BCUT2D eigenvalue weighted by atomic mass is 35.5. The molecule has 0 spiro atoms. The van der Waals surface area contributed by atoms with Crippen LogP contribution in [0.3, 0.4) is 0 Å². The normalized spacial score (nSPS) is 15.9. The number of nitrogens with one attached hydrogen (secondary N) is 2. The summed E-state index contributed by atoms with van der Waals surface area (Å²) in [5.74, 6) is 0.0172. The van der Waals surface area contributed by atoms with Crippen LogP contribution >= 0.6 is 22.9 Å². The molecule has 1 atom stereocenters. The van der Waals surface area contributed by atoms with Gasteiger partial charge in [0.2, 0.25) is 11.8 Å². The highest BCUT2D eigenvalue weighted by molar-refractivity contribution is 7.09. The molecule has 104 valence electrons. The topological polar surface area (TPSA) is 71.1 Å². The Balaban J connectivity index is 1.77. The lowest BCUT2D eigenvalue weighted by atomic mass is 10.3. The van der Waals surface area contributed by atoms with Crippen LogP contribution in [-0.2, 0) is 21.9 Å². The molecule has 1 unspecified atom stereocenters. The van der Waals surface area contributed by atoms with E-state index in [0.29, 0.717) is 16.9 Å². The standard InChI is InChI=1S/C12H16ClN3O2S/c1-7(12(18)16-8-2-3-8)14-10(17)4-11-15-9(5-13)6-19-11/h6-8H,2-5H2,1H3,(H,14,17)(H,16,18). The first-order chi connectivity index (χ1) is 9.08. The van der Waals surface area contributed by atoms with E-state index >= 15 is 0 Å². The highest BCUT2D eigenvalue weighted by Crippen LogP contribution is 2.18. The summed E-state index contributed by atoms with van der Waals surface area (Å²) in [6.45, 7) is 1.68. The van der Waals surface area contributed by atoms with E-state index in [4.69, 9.17) is 11.6 Å². The Bertz CT molecular complexity index is 473. The first-order valence-corrected chi connectivity index (χ1v) is 7.59. The maximum Gasteiger partial charge on any atom is 0.242 e. The van der Waals surface area contributed by atoms with E-state index in [1.807, 2.05) is 5.38 Å². The fourth-order valence-electron chi connectivity index (χ4n) is 1.54. The van der Waals surface area contributed by atoms with Crippen molar-refractivity contribution in [3.05, 3.63) is 16.1 Å². The Morgan fingerprint density at radius 3 is 2.89 bits per heavy atom. The number of nitrogens with zero attached hydrogens (tertiary/aromatic N) is 1. The SMILES string of the molecule is CC(NC(=O)Cc1nc(CCl)cs1)C(=O)NC1CC1. The largest absolute Gasteiger partial charge is 0.352 e. The molecule has 1 heterocycles. The molecule has 7 heteroatoms. The summed E-state index contributed by atoms with van der Waals surface area (Å²) in [5, 5.41) is 8.07. The molecule has 2 N–H and O–H groups in total. The first-order valence-electron chi connectivity index (χ1n) is 6.17. The molecule has 0 radical (unpaired) electrons. The Kier molecular flexibility index (Phi) is 4.76. The van der Waals surface area contributed by atoms with Gasteiger partial charge in [-0.05, 0) is 19.8 Å². The van der Waals surface area contributed by atoms with Crippen LogP contribution in [0.15, 0.2) is 5.38 Å². The van der Waals surface area contributed by atoms with Crippen LogP contribution < -0.4 is 10.6 Å². The summed E-state index contributed by atoms with van der Waals surface area (Å²) in [6.07, 6.45) is 2.25. The predicted molar refractivity (Wildman–Crippen MR) is 74.1 cm³/mol. The van der Waals surface area contributed by atoms with E-state index in [0.717, 1.165) is 18.5 Å². The van der Waals surface area contributed by atoms with Crippen LogP contribution in [0.25, 0.3) is 0 Å². The van der Waals surface area contributed by atoms with Crippen molar-refractivity contribution in [3.8, 4) is 0 Å². The zero-order valence-corrected chi connectivity index (χ0v) is 12.2. The highest BCUT2D eigenvalue weighted by Gasteiger charge is 2.26. The Morgan fingerprint density at radius 1 is 1.58 bits per heavy atom. The monoisotopic (exact) mass is 301 g/mol. The van der Waals surface area contributed by atoms with Crippen LogP contribution in [0.2, 0.25) is 0 Å². The number of hydrogen-bond acceptors (Lipinski definition) is 4. The second kappa shape index (κ2) is 6.34. The predicted octanol–water partition coefficient (Wildman–Crippen LogP) is 1.21. The molecular weight excluding hydrogens is 286 g/mol. The van der Waals surface area contributed by atoms with Gasteiger partial charge >= 0.3 is 0 Å². The third-order valence-electron chi connectivity index (χ3n) is 2.74. The van der Waals surface area contributed by atoms with E-state index in [9.17, 15) is 9.59 Å². The fourth-order valence-corrected chi connectivity index (χ4v) is 2.56. The molecule has 1 saturated carbocycles. The van der Waals surface area contributed by atoms with Gasteiger partial charge in [0.15, 0.2) is 0 Å². The zero-order chi connectivity index (χ0) is 13.8. The van der Waals surface area contributed by atoms with Crippen LogP contribution in [0.5, 0.6) is 0 Å². The van der Waals surface area contributed by atoms with Crippen molar-refractivity contribution in [2.24, 2.45) is 0 Å². The molecule has 1 aliphatic carbocycles. The van der Waals surface area contributed by atoms with Gasteiger partial charge in [-0.2, -0.15) is 0 Å². The first kappa shape index (κ1) is 14.3. The van der Waals surface area contributed by atoms with E-state index in [2.05, 4.69) is 15.6 Å². The van der Waals surface area contributed by atoms with Gasteiger partial charge in [-0.1, -0.05) is 0 Å². The van der Waals surface area contributed by atoms with Crippen LogP contribution in [-0.4, -0.2) is 28.9 Å². The second-order valence-corrected chi connectivity index (χ2v) is 5.82. The summed E-state index contributed by atoms with van der Waals surface area (Å²) in [5.41, 5.74) is 0.772. The minimum Gasteiger partial charge on any atom is -0.352 e. The van der Waals surface area contributed by atoms with Crippen molar-refractivity contribution in [1.82, 2.24) is 15.6 Å². The summed E-state index contributed by atoms with van der Waals surface area (Å²) in [4.78, 5) is 27.6. The average molecular weight is 302 g/mol.